The molecule has 1 aliphatic rings. The molecule has 0 radical (unpaired) electrons. The maximum atomic E-state index is 12.7. The van der Waals surface area contributed by atoms with Crippen LogP contribution in [0, 0.1) is 0 Å². The van der Waals surface area contributed by atoms with Crippen LogP contribution in [0.4, 0.5) is 0 Å². The third-order valence-electron chi connectivity index (χ3n) is 3.84. The zero-order valence-electron chi connectivity index (χ0n) is 12.8. The highest BCUT2D eigenvalue weighted by molar-refractivity contribution is 5.70. The van der Waals surface area contributed by atoms with Crippen LogP contribution in [0.2, 0.25) is 0 Å². The van der Waals surface area contributed by atoms with Gasteiger partial charge in [0.05, 0.1) is 18.6 Å². The lowest BCUT2D eigenvalue weighted by Crippen LogP contribution is -2.30. The second-order valence-electron chi connectivity index (χ2n) is 5.41. The Bertz CT molecular complexity index is 709. The van der Waals surface area contributed by atoms with Crippen molar-refractivity contribution in [3.8, 4) is 17.0 Å². The molecule has 1 aromatic heterocycles. The molecule has 0 bridgehead atoms. The van der Waals surface area contributed by atoms with Gasteiger partial charge in [0.25, 0.3) is 5.56 Å². The van der Waals surface area contributed by atoms with E-state index in [9.17, 15) is 4.79 Å². The first kappa shape index (κ1) is 14.8. The van der Waals surface area contributed by atoms with Crippen LogP contribution in [0.25, 0.3) is 11.3 Å². The predicted octanol–water partition coefficient (Wildman–Crippen LogP) is 1.84. The van der Waals surface area contributed by atoms with Gasteiger partial charge in [-0.05, 0) is 25.1 Å². The standard InChI is InChI=1S/C17H21N3O2/c1-2-8-18-9-10-20-12-19-16-13-5-3-4-6-15(13)22-11-7-14(16)17(20)21/h3-6,12,18H,2,7-11H2,1H3. The molecule has 2 heterocycles. The van der Waals surface area contributed by atoms with Crippen LogP contribution in [0.1, 0.15) is 18.9 Å². The fourth-order valence-electron chi connectivity index (χ4n) is 2.70. The minimum atomic E-state index is 0.0450. The smallest absolute Gasteiger partial charge is 0.257 e. The van der Waals surface area contributed by atoms with Crippen LogP contribution >= 0.6 is 0 Å². The van der Waals surface area contributed by atoms with Crippen molar-refractivity contribution in [2.75, 3.05) is 19.7 Å². The molecular weight excluding hydrogens is 278 g/mol. The normalized spacial score (nSPS) is 13.0. The second kappa shape index (κ2) is 6.75. The fraction of sp³-hybridized carbons (Fsp3) is 0.412. The van der Waals surface area contributed by atoms with E-state index >= 15 is 0 Å². The van der Waals surface area contributed by atoms with E-state index in [1.165, 1.54) is 0 Å². The molecule has 0 amide bonds. The SMILES string of the molecule is CCCNCCn1cnc2c(c1=O)CCOc1ccccc1-2. The van der Waals surface area contributed by atoms with Crippen molar-refractivity contribution in [3.05, 3.63) is 46.5 Å². The first-order chi connectivity index (χ1) is 10.8. The number of nitrogens with zero attached hydrogens (tertiary/aromatic N) is 2. The number of fused-ring (bicyclic) bond motifs is 3. The zero-order chi connectivity index (χ0) is 15.4. The molecule has 0 atom stereocenters. The lowest BCUT2D eigenvalue weighted by Gasteiger charge is -2.11. The Morgan fingerprint density at radius 1 is 1.32 bits per heavy atom. The monoisotopic (exact) mass is 299 g/mol. The van der Waals surface area contributed by atoms with Crippen molar-refractivity contribution < 1.29 is 4.74 Å². The van der Waals surface area contributed by atoms with E-state index in [0.29, 0.717) is 19.6 Å². The number of hydrogen-bond acceptors (Lipinski definition) is 4. The van der Waals surface area contributed by atoms with Gasteiger partial charge in [0.1, 0.15) is 5.75 Å². The molecule has 5 nitrogen and oxygen atoms in total. The number of hydrogen-bond donors (Lipinski definition) is 1. The summed E-state index contributed by atoms with van der Waals surface area (Å²) in [5.41, 5.74) is 2.46. The van der Waals surface area contributed by atoms with Crippen LogP contribution in [0.5, 0.6) is 5.75 Å². The average molecular weight is 299 g/mol. The molecule has 0 aliphatic carbocycles. The quantitative estimate of drug-likeness (QED) is 0.856. The summed E-state index contributed by atoms with van der Waals surface area (Å²) in [4.78, 5) is 17.2. The minimum absolute atomic E-state index is 0.0450. The number of rotatable bonds is 5. The van der Waals surface area contributed by atoms with Gasteiger partial charge in [-0.1, -0.05) is 19.1 Å². The Morgan fingerprint density at radius 3 is 3.05 bits per heavy atom. The lowest BCUT2D eigenvalue weighted by atomic mass is 10.1. The second-order valence-corrected chi connectivity index (χ2v) is 5.41. The average Bonchev–Trinajstić information content (AvgIpc) is 2.73. The van der Waals surface area contributed by atoms with E-state index in [1.54, 1.807) is 10.9 Å². The van der Waals surface area contributed by atoms with Crippen molar-refractivity contribution in [1.82, 2.24) is 14.9 Å². The minimum Gasteiger partial charge on any atom is -0.493 e. The highest BCUT2D eigenvalue weighted by Crippen LogP contribution is 2.31. The third-order valence-corrected chi connectivity index (χ3v) is 3.84. The molecule has 3 rings (SSSR count). The highest BCUT2D eigenvalue weighted by Gasteiger charge is 2.19. The Kier molecular flexibility index (Phi) is 4.53. The first-order valence-electron chi connectivity index (χ1n) is 7.82. The molecule has 2 aromatic rings. The van der Waals surface area contributed by atoms with Crippen molar-refractivity contribution >= 4 is 0 Å². The summed E-state index contributed by atoms with van der Waals surface area (Å²) in [6, 6.07) is 7.76. The van der Waals surface area contributed by atoms with E-state index in [0.717, 1.165) is 42.1 Å². The summed E-state index contributed by atoms with van der Waals surface area (Å²) >= 11 is 0. The Hall–Kier alpha value is -2.14. The topological polar surface area (TPSA) is 56.2 Å². The van der Waals surface area contributed by atoms with Gasteiger partial charge in [0.15, 0.2) is 0 Å². The van der Waals surface area contributed by atoms with Crippen LogP contribution in [-0.2, 0) is 13.0 Å². The van der Waals surface area contributed by atoms with E-state index in [-0.39, 0.29) is 5.56 Å². The molecule has 1 aliphatic heterocycles. The summed E-state index contributed by atoms with van der Waals surface area (Å²) < 4.78 is 7.43. The third kappa shape index (κ3) is 2.90. The molecule has 0 fully saturated rings. The molecule has 0 unspecified atom stereocenters. The van der Waals surface area contributed by atoms with E-state index in [4.69, 9.17) is 4.74 Å². The van der Waals surface area contributed by atoms with E-state index < -0.39 is 0 Å². The van der Waals surface area contributed by atoms with Crippen LogP contribution in [0.3, 0.4) is 0 Å². The summed E-state index contributed by atoms with van der Waals surface area (Å²) in [6.07, 6.45) is 3.33. The fourth-order valence-corrected chi connectivity index (χ4v) is 2.70. The molecule has 22 heavy (non-hydrogen) atoms. The van der Waals surface area contributed by atoms with Gasteiger partial charge in [0.2, 0.25) is 0 Å². The zero-order valence-corrected chi connectivity index (χ0v) is 12.8. The number of aromatic nitrogens is 2. The van der Waals surface area contributed by atoms with Gasteiger partial charge in [-0.2, -0.15) is 0 Å². The number of para-hydroxylation sites is 1. The van der Waals surface area contributed by atoms with E-state index in [2.05, 4.69) is 17.2 Å². The molecule has 0 spiro atoms. The molecule has 1 aromatic carbocycles. The summed E-state index contributed by atoms with van der Waals surface area (Å²) in [5, 5.41) is 3.31. The Morgan fingerprint density at radius 2 is 2.18 bits per heavy atom. The molecule has 0 saturated carbocycles. The van der Waals surface area contributed by atoms with Gasteiger partial charge in [-0.3, -0.25) is 9.36 Å². The lowest BCUT2D eigenvalue weighted by molar-refractivity contribution is 0.326. The maximum Gasteiger partial charge on any atom is 0.257 e. The number of nitrogens with one attached hydrogen (secondary N) is 1. The van der Waals surface area contributed by atoms with Crippen molar-refractivity contribution in [1.29, 1.82) is 0 Å². The van der Waals surface area contributed by atoms with Gasteiger partial charge >= 0.3 is 0 Å². The van der Waals surface area contributed by atoms with Crippen molar-refractivity contribution in [3.63, 3.8) is 0 Å². The molecule has 116 valence electrons. The molecule has 0 saturated heterocycles. The molecule has 5 heteroatoms. The summed E-state index contributed by atoms with van der Waals surface area (Å²) in [5.74, 6) is 0.801. The summed E-state index contributed by atoms with van der Waals surface area (Å²) in [7, 11) is 0. The van der Waals surface area contributed by atoms with Gasteiger partial charge in [0, 0.05) is 30.6 Å². The summed E-state index contributed by atoms with van der Waals surface area (Å²) in [6.45, 7) is 5.02. The molecular formula is C17H21N3O2. The van der Waals surface area contributed by atoms with Crippen LogP contribution < -0.4 is 15.6 Å². The number of benzene rings is 1. The van der Waals surface area contributed by atoms with Crippen LogP contribution in [-0.4, -0.2) is 29.2 Å². The maximum absolute atomic E-state index is 12.7. The number of ether oxygens (including phenoxy) is 1. The largest absolute Gasteiger partial charge is 0.493 e. The predicted molar refractivity (Wildman–Crippen MR) is 86.3 cm³/mol. The Labute approximate surface area is 130 Å². The molecule has 1 N–H and O–H groups in total. The van der Waals surface area contributed by atoms with Crippen molar-refractivity contribution in [2.45, 2.75) is 26.3 Å². The van der Waals surface area contributed by atoms with Gasteiger partial charge < -0.3 is 10.1 Å². The van der Waals surface area contributed by atoms with Gasteiger partial charge in [-0.15, -0.1) is 0 Å². The van der Waals surface area contributed by atoms with E-state index in [1.807, 2.05) is 24.3 Å². The van der Waals surface area contributed by atoms with Crippen molar-refractivity contribution in [2.24, 2.45) is 0 Å². The first-order valence-corrected chi connectivity index (χ1v) is 7.82. The van der Waals surface area contributed by atoms with Gasteiger partial charge in [-0.25, -0.2) is 4.98 Å². The Balaban J connectivity index is 1.92. The van der Waals surface area contributed by atoms with Crippen LogP contribution in [0.15, 0.2) is 35.4 Å². The highest BCUT2D eigenvalue weighted by atomic mass is 16.5.